The van der Waals surface area contributed by atoms with Crippen LogP contribution in [0.15, 0.2) is 12.1 Å². The monoisotopic (exact) mass is 250 g/mol. The molecular weight excluding hydrogens is 239 g/mol. The molecule has 6 heteroatoms. The number of amides is 1. The minimum absolute atomic E-state index is 0.0955. The summed E-state index contributed by atoms with van der Waals surface area (Å²) in [6, 6.07) is 2.58. The molecule has 1 aliphatic carbocycles. The van der Waals surface area contributed by atoms with Crippen LogP contribution < -0.4 is 5.32 Å². The quantitative estimate of drug-likeness (QED) is 0.613. The first-order valence-electron chi connectivity index (χ1n) is 5.85. The van der Waals surface area contributed by atoms with Gasteiger partial charge in [-0.1, -0.05) is 18.9 Å². The zero-order chi connectivity index (χ0) is 12.9. The molecule has 1 saturated carbocycles. The first-order chi connectivity index (χ1) is 8.55. The maximum atomic E-state index is 13.5. The number of nitro groups is 1. The van der Waals surface area contributed by atoms with Crippen LogP contribution >= 0.6 is 0 Å². The highest BCUT2D eigenvalue weighted by atomic mass is 19.1. The van der Waals surface area contributed by atoms with Crippen LogP contribution in [0.4, 0.5) is 10.1 Å². The fraction of sp³-hybridized carbons (Fsp3) is 0.417. The third-order valence-corrected chi connectivity index (χ3v) is 3.86. The Morgan fingerprint density at radius 1 is 1.33 bits per heavy atom. The fourth-order valence-corrected chi connectivity index (χ4v) is 3.09. The van der Waals surface area contributed by atoms with E-state index in [4.69, 9.17) is 0 Å². The van der Waals surface area contributed by atoms with E-state index in [0.717, 1.165) is 31.7 Å². The normalized spacial score (nSPS) is 19.9. The molecule has 3 rings (SSSR count). The summed E-state index contributed by atoms with van der Waals surface area (Å²) in [6.07, 6.45) is 3.44. The van der Waals surface area contributed by atoms with Crippen LogP contribution in [0, 0.1) is 15.9 Å². The average molecular weight is 250 g/mol. The van der Waals surface area contributed by atoms with Gasteiger partial charge >= 0.3 is 5.69 Å². The van der Waals surface area contributed by atoms with Crippen LogP contribution in [-0.4, -0.2) is 10.8 Å². The van der Waals surface area contributed by atoms with Gasteiger partial charge in [-0.3, -0.25) is 14.9 Å². The molecule has 1 aliphatic heterocycles. The molecule has 2 aliphatic rings. The highest BCUT2D eigenvalue weighted by Crippen LogP contribution is 2.46. The molecule has 1 fully saturated rings. The maximum absolute atomic E-state index is 13.5. The van der Waals surface area contributed by atoms with Crippen LogP contribution in [0.3, 0.4) is 0 Å². The van der Waals surface area contributed by atoms with E-state index in [-0.39, 0.29) is 5.56 Å². The molecule has 18 heavy (non-hydrogen) atoms. The third-order valence-electron chi connectivity index (χ3n) is 3.86. The minimum atomic E-state index is -0.955. The van der Waals surface area contributed by atoms with E-state index in [1.165, 1.54) is 6.07 Å². The second-order valence-corrected chi connectivity index (χ2v) is 4.82. The van der Waals surface area contributed by atoms with Gasteiger partial charge in [-0.25, -0.2) is 0 Å². The van der Waals surface area contributed by atoms with Gasteiger partial charge < -0.3 is 5.32 Å². The van der Waals surface area contributed by atoms with Gasteiger partial charge in [-0.05, 0) is 24.5 Å². The number of nitrogens with zero attached hydrogens (tertiary/aromatic N) is 1. The van der Waals surface area contributed by atoms with Crippen molar-refractivity contribution in [3.63, 3.8) is 0 Å². The Bertz CT molecular complexity index is 565. The lowest BCUT2D eigenvalue weighted by molar-refractivity contribution is -0.387. The standard InChI is InChI=1S/C12H11FN2O3/c13-8-4-3-7-9(10(8)15(17)18)11(16)14-12(7)5-1-2-6-12/h3-4H,1-2,5-6H2,(H,14,16). The Labute approximate surface area is 102 Å². The van der Waals surface area contributed by atoms with E-state index in [0.29, 0.717) is 5.56 Å². The van der Waals surface area contributed by atoms with Crippen molar-refractivity contribution in [2.45, 2.75) is 31.2 Å². The van der Waals surface area contributed by atoms with E-state index in [1.807, 2.05) is 0 Å². The van der Waals surface area contributed by atoms with E-state index in [9.17, 15) is 19.3 Å². The van der Waals surface area contributed by atoms with Gasteiger partial charge in [-0.15, -0.1) is 0 Å². The topological polar surface area (TPSA) is 72.2 Å². The number of nitrogens with one attached hydrogen (secondary N) is 1. The Kier molecular flexibility index (Phi) is 2.17. The van der Waals surface area contributed by atoms with Crippen molar-refractivity contribution in [1.82, 2.24) is 5.32 Å². The summed E-state index contributed by atoms with van der Waals surface area (Å²) in [5.74, 6) is -1.48. The Hall–Kier alpha value is -1.98. The zero-order valence-electron chi connectivity index (χ0n) is 9.53. The van der Waals surface area contributed by atoms with Gasteiger partial charge in [0.2, 0.25) is 5.82 Å². The lowest BCUT2D eigenvalue weighted by Crippen LogP contribution is -2.36. The summed E-state index contributed by atoms with van der Waals surface area (Å²) < 4.78 is 13.5. The summed E-state index contributed by atoms with van der Waals surface area (Å²) in [5.41, 5.74) is -0.723. The van der Waals surface area contributed by atoms with Crippen molar-refractivity contribution < 1.29 is 14.1 Å². The molecule has 0 bridgehead atoms. The van der Waals surface area contributed by atoms with Crippen LogP contribution in [0.2, 0.25) is 0 Å². The molecule has 1 amide bonds. The molecular formula is C12H11FN2O3. The molecule has 0 aromatic heterocycles. The summed E-state index contributed by atoms with van der Waals surface area (Å²) in [7, 11) is 0. The van der Waals surface area contributed by atoms with Crippen LogP contribution in [0.25, 0.3) is 0 Å². The molecule has 1 N–H and O–H groups in total. The Morgan fingerprint density at radius 2 is 2.00 bits per heavy atom. The van der Waals surface area contributed by atoms with Crippen molar-refractivity contribution in [3.8, 4) is 0 Å². The number of benzene rings is 1. The number of hydrogen-bond donors (Lipinski definition) is 1. The highest BCUT2D eigenvalue weighted by molar-refractivity contribution is 6.03. The molecule has 1 spiro atoms. The maximum Gasteiger partial charge on any atom is 0.317 e. The molecule has 1 aromatic rings. The molecule has 94 valence electrons. The van der Waals surface area contributed by atoms with Gasteiger partial charge in [0.15, 0.2) is 0 Å². The van der Waals surface area contributed by atoms with Crippen LogP contribution in [0.5, 0.6) is 0 Å². The van der Waals surface area contributed by atoms with Crippen LogP contribution in [0.1, 0.15) is 41.6 Å². The molecule has 5 nitrogen and oxygen atoms in total. The Balaban J connectivity index is 2.27. The lowest BCUT2D eigenvalue weighted by Gasteiger charge is -2.24. The van der Waals surface area contributed by atoms with Crippen molar-refractivity contribution in [3.05, 3.63) is 39.2 Å². The number of carbonyl (C=O) groups is 1. The highest BCUT2D eigenvalue weighted by Gasteiger charge is 2.48. The predicted molar refractivity (Wildman–Crippen MR) is 60.7 cm³/mol. The largest absolute Gasteiger partial charge is 0.342 e. The van der Waals surface area contributed by atoms with Crippen molar-refractivity contribution >= 4 is 11.6 Å². The van der Waals surface area contributed by atoms with E-state index in [1.54, 1.807) is 0 Å². The summed E-state index contributed by atoms with van der Waals surface area (Å²) >= 11 is 0. The number of carbonyl (C=O) groups excluding carboxylic acids is 1. The molecule has 0 atom stereocenters. The smallest absolute Gasteiger partial charge is 0.317 e. The number of nitro benzene ring substituents is 1. The Morgan fingerprint density at radius 3 is 2.61 bits per heavy atom. The van der Waals surface area contributed by atoms with E-state index >= 15 is 0 Å². The second-order valence-electron chi connectivity index (χ2n) is 4.82. The first-order valence-corrected chi connectivity index (χ1v) is 5.85. The molecule has 1 heterocycles. The fourth-order valence-electron chi connectivity index (χ4n) is 3.09. The van der Waals surface area contributed by atoms with Crippen LogP contribution in [-0.2, 0) is 5.54 Å². The van der Waals surface area contributed by atoms with Crippen molar-refractivity contribution in [1.29, 1.82) is 0 Å². The van der Waals surface area contributed by atoms with Gasteiger partial charge in [0, 0.05) is 0 Å². The molecule has 0 saturated heterocycles. The van der Waals surface area contributed by atoms with Crippen molar-refractivity contribution in [2.75, 3.05) is 0 Å². The molecule has 0 radical (unpaired) electrons. The number of fused-ring (bicyclic) bond motifs is 2. The third kappa shape index (κ3) is 1.28. The van der Waals surface area contributed by atoms with Gasteiger partial charge in [0.25, 0.3) is 5.91 Å². The van der Waals surface area contributed by atoms with Gasteiger partial charge in [0.05, 0.1) is 10.5 Å². The van der Waals surface area contributed by atoms with Gasteiger partial charge in [-0.2, -0.15) is 4.39 Å². The van der Waals surface area contributed by atoms with Crippen molar-refractivity contribution in [2.24, 2.45) is 0 Å². The van der Waals surface area contributed by atoms with Gasteiger partial charge in [0.1, 0.15) is 5.56 Å². The zero-order valence-corrected chi connectivity index (χ0v) is 9.53. The first kappa shape index (κ1) is 11.1. The molecule has 0 unspecified atom stereocenters. The predicted octanol–water partition coefficient (Wildman–Crippen LogP) is 2.25. The average Bonchev–Trinajstić information content (AvgIpc) is 2.86. The SMILES string of the molecule is O=C1NC2(CCCC2)c2ccc(F)c([N+](=O)[O-])c21. The van der Waals surface area contributed by atoms with E-state index in [2.05, 4.69) is 5.32 Å². The molecule has 1 aromatic carbocycles. The minimum Gasteiger partial charge on any atom is -0.342 e. The summed E-state index contributed by atoms with van der Waals surface area (Å²) in [6.45, 7) is 0. The summed E-state index contributed by atoms with van der Waals surface area (Å²) in [5, 5.41) is 13.7. The number of hydrogen-bond acceptors (Lipinski definition) is 3. The second kappa shape index (κ2) is 3.51. The summed E-state index contributed by atoms with van der Waals surface area (Å²) in [4.78, 5) is 22.0. The van der Waals surface area contributed by atoms with E-state index < -0.39 is 27.9 Å². The number of halogens is 1. The lowest BCUT2D eigenvalue weighted by atomic mass is 9.88. The number of rotatable bonds is 1.